The highest BCUT2D eigenvalue weighted by Crippen LogP contribution is 2.32. The van der Waals surface area contributed by atoms with E-state index in [9.17, 15) is 0 Å². The number of fused-ring (bicyclic) bond motifs is 1. The van der Waals surface area contributed by atoms with E-state index in [1.54, 1.807) is 18.9 Å². The molecule has 0 atom stereocenters. The number of rotatable bonds is 5. The lowest BCUT2D eigenvalue weighted by Gasteiger charge is -2.15. The number of thioether (sulfide) groups is 1. The molecule has 104 valence electrons. The molecule has 1 aromatic heterocycles. The molecule has 1 aliphatic heterocycles. The molecule has 0 saturated carbocycles. The lowest BCUT2D eigenvalue weighted by Crippen LogP contribution is -2.14. The Balaban J connectivity index is 1.84. The van der Waals surface area contributed by atoms with Gasteiger partial charge in [-0.15, -0.1) is 16.8 Å². The third-order valence-corrected chi connectivity index (χ3v) is 4.16. The van der Waals surface area contributed by atoms with Crippen LogP contribution in [-0.4, -0.2) is 34.2 Å². The summed E-state index contributed by atoms with van der Waals surface area (Å²) in [6.45, 7) is 5.56. The van der Waals surface area contributed by atoms with Crippen molar-refractivity contribution in [3.05, 3.63) is 36.9 Å². The van der Waals surface area contributed by atoms with Crippen LogP contribution in [0.4, 0.5) is 11.6 Å². The third kappa shape index (κ3) is 2.27. The molecule has 0 spiro atoms. The summed E-state index contributed by atoms with van der Waals surface area (Å²) in [6.07, 6.45) is 1.88. The summed E-state index contributed by atoms with van der Waals surface area (Å²) in [5, 5.41) is 9.50. The molecule has 0 saturated heterocycles. The van der Waals surface area contributed by atoms with Crippen molar-refractivity contribution in [2.75, 3.05) is 24.3 Å². The van der Waals surface area contributed by atoms with E-state index in [2.05, 4.69) is 26.2 Å². The van der Waals surface area contributed by atoms with Crippen LogP contribution in [-0.2, 0) is 6.54 Å². The first-order valence-electron chi connectivity index (χ1n) is 6.42. The fraction of sp³-hybridized carbons (Fsp3) is 0.286. The zero-order valence-corrected chi connectivity index (χ0v) is 12.1. The van der Waals surface area contributed by atoms with Gasteiger partial charge in [0.25, 0.3) is 0 Å². The van der Waals surface area contributed by atoms with Gasteiger partial charge in [-0.25, -0.2) is 0 Å². The minimum Gasteiger partial charge on any atom is -0.497 e. The molecule has 0 amide bonds. The Morgan fingerprint density at radius 3 is 2.80 bits per heavy atom. The number of benzene rings is 1. The van der Waals surface area contributed by atoms with Gasteiger partial charge in [0.15, 0.2) is 5.16 Å². The third-order valence-electron chi connectivity index (χ3n) is 3.20. The van der Waals surface area contributed by atoms with Gasteiger partial charge in [-0.1, -0.05) is 17.8 Å². The highest BCUT2D eigenvalue weighted by atomic mass is 32.2. The molecule has 2 heterocycles. The quantitative estimate of drug-likeness (QED) is 0.625. The highest BCUT2D eigenvalue weighted by Gasteiger charge is 2.25. The fourth-order valence-corrected chi connectivity index (χ4v) is 2.92. The van der Waals surface area contributed by atoms with Gasteiger partial charge in [-0.3, -0.25) is 4.57 Å². The standard InChI is InChI=1S/C14H16N4OS/c1-3-10-20-14-16-15-13-17(8-9-18(13)14)11-4-6-12(19-2)7-5-11/h3-7H,1,8-10H2,2H3. The van der Waals surface area contributed by atoms with Crippen LogP contribution in [0.1, 0.15) is 0 Å². The van der Waals surface area contributed by atoms with Gasteiger partial charge in [0.05, 0.1) is 7.11 Å². The van der Waals surface area contributed by atoms with Crippen molar-refractivity contribution < 1.29 is 4.74 Å². The van der Waals surface area contributed by atoms with E-state index in [0.717, 1.165) is 41.4 Å². The lowest BCUT2D eigenvalue weighted by atomic mass is 10.3. The van der Waals surface area contributed by atoms with Gasteiger partial charge < -0.3 is 9.64 Å². The van der Waals surface area contributed by atoms with Crippen LogP contribution < -0.4 is 9.64 Å². The Bertz CT molecular complexity index is 608. The van der Waals surface area contributed by atoms with Crippen molar-refractivity contribution in [2.24, 2.45) is 0 Å². The molecule has 1 aliphatic rings. The molecule has 2 aromatic rings. The Morgan fingerprint density at radius 2 is 2.10 bits per heavy atom. The normalized spacial score (nSPS) is 13.3. The fourth-order valence-electron chi connectivity index (χ4n) is 2.22. The van der Waals surface area contributed by atoms with Crippen molar-refractivity contribution in [1.82, 2.24) is 14.8 Å². The maximum absolute atomic E-state index is 5.19. The SMILES string of the molecule is C=CCSc1nnc2n1CCN2c1ccc(OC)cc1. The minimum atomic E-state index is 0.848. The summed E-state index contributed by atoms with van der Waals surface area (Å²) in [5.74, 6) is 2.61. The first kappa shape index (κ1) is 13.1. The van der Waals surface area contributed by atoms with Crippen molar-refractivity contribution in [2.45, 2.75) is 11.7 Å². The average molecular weight is 288 g/mol. The van der Waals surface area contributed by atoms with Crippen molar-refractivity contribution in [3.8, 4) is 5.75 Å². The van der Waals surface area contributed by atoms with Crippen LogP contribution >= 0.6 is 11.8 Å². The predicted octanol–water partition coefficient (Wildman–Crippen LogP) is 2.72. The summed E-state index contributed by atoms with van der Waals surface area (Å²) in [4.78, 5) is 2.17. The number of ether oxygens (including phenoxy) is 1. The summed E-state index contributed by atoms with van der Waals surface area (Å²) in [7, 11) is 1.67. The van der Waals surface area contributed by atoms with E-state index in [0.29, 0.717) is 0 Å². The number of hydrogen-bond donors (Lipinski definition) is 0. The van der Waals surface area contributed by atoms with Gasteiger partial charge in [0, 0.05) is 24.5 Å². The number of anilines is 2. The van der Waals surface area contributed by atoms with E-state index in [1.807, 2.05) is 30.3 Å². The molecular weight excluding hydrogens is 272 g/mol. The molecule has 0 fully saturated rings. The first-order chi connectivity index (χ1) is 9.83. The Hall–Kier alpha value is -1.95. The van der Waals surface area contributed by atoms with E-state index in [1.165, 1.54) is 0 Å². The van der Waals surface area contributed by atoms with Crippen LogP contribution in [0, 0.1) is 0 Å². The van der Waals surface area contributed by atoms with Crippen LogP contribution in [0.3, 0.4) is 0 Å². The van der Waals surface area contributed by atoms with E-state index < -0.39 is 0 Å². The molecule has 3 rings (SSSR count). The molecule has 1 aromatic carbocycles. The molecule has 0 aliphatic carbocycles. The zero-order chi connectivity index (χ0) is 13.9. The van der Waals surface area contributed by atoms with Crippen molar-refractivity contribution >= 4 is 23.4 Å². The van der Waals surface area contributed by atoms with E-state index in [4.69, 9.17) is 4.74 Å². The van der Waals surface area contributed by atoms with E-state index >= 15 is 0 Å². The minimum absolute atomic E-state index is 0.848. The Kier molecular flexibility index (Phi) is 3.64. The zero-order valence-electron chi connectivity index (χ0n) is 11.3. The number of methoxy groups -OCH3 is 1. The van der Waals surface area contributed by atoms with Crippen molar-refractivity contribution in [1.29, 1.82) is 0 Å². The van der Waals surface area contributed by atoms with Gasteiger partial charge >= 0.3 is 0 Å². The van der Waals surface area contributed by atoms with Crippen LogP contribution in [0.5, 0.6) is 5.75 Å². The second-order valence-electron chi connectivity index (χ2n) is 4.38. The lowest BCUT2D eigenvalue weighted by molar-refractivity contribution is 0.415. The summed E-state index contributed by atoms with van der Waals surface area (Å²) < 4.78 is 7.34. The molecule has 0 radical (unpaired) electrons. The van der Waals surface area contributed by atoms with Crippen LogP contribution in [0.15, 0.2) is 42.1 Å². The molecule has 20 heavy (non-hydrogen) atoms. The Morgan fingerprint density at radius 1 is 1.30 bits per heavy atom. The summed E-state index contributed by atoms with van der Waals surface area (Å²) >= 11 is 1.66. The monoisotopic (exact) mass is 288 g/mol. The largest absolute Gasteiger partial charge is 0.497 e. The molecule has 0 bridgehead atoms. The Labute approximate surface area is 122 Å². The number of hydrogen-bond acceptors (Lipinski definition) is 5. The van der Waals surface area contributed by atoms with Gasteiger partial charge in [-0.05, 0) is 24.3 Å². The van der Waals surface area contributed by atoms with Gasteiger partial charge in [0.2, 0.25) is 5.95 Å². The number of aromatic nitrogens is 3. The topological polar surface area (TPSA) is 43.2 Å². The molecular formula is C14H16N4OS. The highest BCUT2D eigenvalue weighted by molar-refractivity contribution is 7.99. The average Bonchev–Trinajstić information content (AvgIpc) is 3.07. The van der Waals surface area contributed by atoms with Crippen LogP contribution in [0.25, 0.3) is 0 Å². The molecule has 0 unspecified atom stereocenters. The molecule has 5 nitrogen and oxygen atoms in total. The maximum atomic E-state index is 5.19. The number of nitrogens with zero attached hydrogens (tertiary/aromatic N) is 4. The van der Waals surface area contributed by atoms with E-state index in [-0.39, 0.29) is 0 Å². The second-order valence-corrected chi connectivity index (χ2v) is 5.37. The van der Waals surface area contributed by atoms with Gasteiger partial charge in [0.1, 0.15) is 5.75 Å². The summed E-state index contributed by atoms with van der Waals surface area (Å²) in [6, 6.07) is 8.00. The predicted molar refractivity (Wildman–Crippen MR) is 80.9 cm³/mol. The first-order valence-corrected chi connectivity index (χ1v) is 7.40. The summed E-state index contributed by atoms with van der Waals surface area (Å²) in [5.41, 5.74) is 1.11. The second kappa shape index (κ2) is 5.58. The van der Waals surface area contributed by atoms with Crippen molar-refractivity contribution in [3.63, 3.8) is 0 Å². The van der Waals surface area contributed by atoms with Gasteiger partial charge in [-0.2, -0.15) is 0 Å². The smallest absolute Gasteiger partial charge is 0.232 e. The van der Waals surface area contributed by atoms with Crippen LogP contribution in [0.2, 0.25) is 0 Å². The maximum Gasteiger partial charge on any atom is 0.232 e. The molecule has 6 heteroatoms. The molecule has 0 N–H and O–H groups in total.